The predicted molar refractivity (Wildman–Crippen MR) is 117 cm³/mol. The van der Waals surface area contributed by atoms with Crippen LogP contribution in [-0.4, -0.2) is 30.2 Å². The van der Waals surface area contributed by atoms with Gasteiger partial charge in [-0.2, -0.15) is 0 Å². The summed E-state index contributed by atoms with van der Waals surface area (Å²) < 4.78 is 13.5. The highest BCUT2D eigenvalue weighted by Gasteiger charge is 2.28. The molecular formula is C25H30N2O2. The third-order valence-corrected chi connectivity index (χ3v) is 6.06. The molecule has 0 N–H and O–H groups in total. The molecule has 1 atom stereocenters. The summed E-state index contributed by atoms with van der Waals surface area (Å²) in [4.78, 5) is 2.57. The number of benzene rings is 2. The lowest BCUT2D eigenvalue weighted by molar-refractivity contribution is 0.217. The van der Waals surface area contributed by atoms with Crippen LogP contribution in [0.3, 0.4) is 0 Å². The number of hydrogen-bond acceptors (Lipinski definition) is 3. The molecule has 29 heavy (non-hydrogen) atoms. The molecule has 0 bridgehead atoms. The lowest BCUT2D eigenvalue weighted by Gasteiger charge is -2.31. The van der Waals surface area contributed by atoms with Gasteiger partial charge in [0, 0.05) is 37.1 Å². The molecule has 3 aromatic rings. The molecule has 1 aliphatic heterocycles. The van der Waals surface area contributed by atoms with E-state index in [-0.39, 0.29) is 6.04 Å². The monoisotopic (exact) mass is 390 g/mol. The van der Waals surface area contributed by atoms with Crippen LogP contribution in [-0.2, 0) is 13.1 Å². The van der Waals surface area contributed by atoms with E-state index in [0.717, 1.165) is 43.1 Å². The maximum atomic E-state index is 5.66. The molecule has 0 spiro atoms. The molecular weight excluding hydrogens is 360 g/mol. The molecule has 0 aliphatic carbocycles. The Hall–Kier alpha value is -2.72. The molecule has 0 saturated carbocycles. The van der Waals surface area contributed by atoms with E-state index in [2.05, 4.69) is 65.9 Å². The van der Waals surface area contributed by atoms with Crippen molar-refractivity contribution in [2.45, 2.75) is 39.4 Å². The lowest BCUT2D eigenvalue weighted by atomic mass is 9.97. The van der Waals surface area contributed by atoms with Crippen LogP contribution in [0.1, 0.15) is 40.4 Å². The van der Waals surface area contributed by atoms with Gasteiger partial charge in [-0.15, -0.1) is 0 Å². The molecule has 0 amide bonds. The summed E-state index contributed by atoms with van der Waals surface area (Å²) in [7, 11) is 3.45. The van der Waals surface area contributed by atoms with Gasteiger partial charge in [0.25, 0.3) is 0 Å². The fourth-order valence-corrected chi connectivity index (χ4v) is 4.35. The zero-order valence-corrected chi connectivity index (χ0v) is 17.8. The minimum atomic E-state index is 0.211. The van der Waals surface area contributed by atoms with Crippen molar-refractivity contribution in [3.8, 4) is 11.5 Å². The van der Waals surface area contributed by atoms with Gasteiger partial charge in [-0.05, 0) is 67.3 Å². The largest absolute Gasteiger partial charge is 0.497 e. The van der Waals surface area contributed by atoms with E-state index >= 15 is 0 Å². The van der Waals surface area contributed by atoms with Gasteiger partial charge in [-0.1, -0.05) is 18.2 Å². The van der Waals surface area contributed by atoms with Crippen molar-refractivity contribution in [1.29, 1.82) is 0 Å². The first-order chi connectivity index (χ1) is 14.1. The number of aryl methyl sites for hydroxylation is 3. The van der Waals surface area contributed by atoms with Crippen LogP contribution in [0, 0.1) is 13.8 Å². The van der Waals surface area contributed by atoms with E-state index in [0.29, 0.717) is 0 Å². The van der Waals surface area contributed by atoms with Crippen LogP contribution in [0.25, 0.3) is 0 Å². The van der Waals surface area contributed by atoms with Gasteiger partial charge in [-0.3, -0.25) is 4.90 Å². The van der Waals surface area contributed by atoms with E-state index in [4.69, 9.17) is 9.47 Å². The third kappa shape index (κ3) is 3.90. The molecule has 0 fully saturated rings. The Labute approximate surface area is 173 Å². The van der Waals surface area contributed by atoms with Crippen molar-refractivity contribution in [2.75, 3.05) is 20.8 Å². The fourth-order valence-electron chi connectivity index (χ4n) is 4.35. The molecule has 0 saturated heterocycles. The van der Waals surface area contributed by atoms with Crippen LogP contribution in [0.2, 0.25) is 0 Å². The lowest BCUT2D eigenvalue weighted by Crippen LogP contribution is -2.29. The number of hydrogen-bond donors (Lipinski definition) is 0. The van der Waals surface area contributed by atoms with E-state index < -0.39 is 0 Å². The summed E-state index contributed by atoms with van der Waals surface area (Å²) in [6, 6.07) is 17.6. The first kappa shape index (κ1) is 19.6. The highest BCUT2D eigenvalue weighted by atomic mass is 16.5. The second-order valence-electron chi connectivity index (χ2n) is 7.87. The predicted octanol–water partition coefficient (Wildman–Crippen LogP) is 5.12. The van der Waals surface area contributed by atoms with Gasteiger partial charge < -0.3 is 14.0 Å². The Morgan fingerprint density at radius 1 is 0.931 bits per heavy atom. The quantitative estimate of drug-likeness (QED) is 0.605. The van der Waals surface area contributed by atoms with E-state index in [1.54, 1.807) is 14.2 Å². The molecule has 0 radical (unpaired) electrons. The van der Waals surface area contributed by atoms with Gasteiger partial charge in [0.1, 0.15) is 11.5 Å². The summed E-state index contributed by atoms with van der Waals surface area (Å²) in [6.45, 7) is 7.26. The number of rotatable bonds is 5. The summed E-state index contributed by atoms with van der Waals surface area (Å²) in [5, 5.41) is 0. The topological polar surface area (TPSA) is 26.6 Å². The molecule has 4 nitrogen and oxygen atoms in total. The Morgan fingerprint density at radius 3 is 2.55 bits per heavy atom. The van der Waals surface area contributed by atoms with Crippen LogP contribution in [0.4, 0.5) is 0 Å². The van der Waals surface area contributed by atoms with Crippen LogP contribution < -0.4 is 9.47 Å². The van der Waals surface area contributed by atoms with Crippen LogP contribution >= 0.6 is 0 Å². The van der Waals surface area contributed by atoms with Crippen molar-refractivity contribution >= 4 is 0 Å². The fraction of sp³-hybridized carbons (Fsp3) is 0.360. The Balaban J connectivity index is 1.77. The van der Waals surface area contributed by atoms with Crippen molar-refractivity contribution < 1.29 is 9.47 Å². The minimum absolute atomic E-state index is 0.211. The molecule has 1 unspecified atom stereocenters. The van der Waals surface area contributed by atoms with Crippen LogP contribution in [0.5, 0.6) is 11.5 Å². The van der Waals surface area contributed by atoms with E-state index in [9.17, 15) is 0 Å². The maximum absolute atomic E-state index is 5.66. The van der Waals surface area contributed by atoms with Gasteiger partial charge in [0.2, 0.25) is 0 Å². The van der Waals surface area contributed by atoms with Crippen molar-refractivity contribution in [3.63, 3.8) is 0 Å². The van der Waals surface area contributed by atoms with Gasteiger partial charge in [-0.25, -0.2) is 0 Å². The summed E-state index contributed by atoms with van der Waals surface area (Å²) in [6.07, 6.45) is 3.33. The smallest absolute Gasteiger partial charge is 0.123 e. The molecule has 1 aromatic heterocycles. The van der Waals surface area contributed by atoms with Crippen molar-refractivity contribution in [3.05, 3.63) is 82.7 Å². The zero-order chi connectivity index (χ0) is 20.4. The second-order valence-corrected chi connectivity index (χ2v) is 7.87. The number of nitrogens with zero attached hydrogens (tertiary/aromatic N) is 2. The van der Waals surface area contributed by atoms with Gasteiger partial charge in [0.15, 0.2) is 0 Å². The molecule has 2 aromatic carbocycles. The first-order valence-electron chi connectivity index (χ1n) is 10.3. The third-order valence-electron chi connectivity index (χ3n) is 6.06. The zero-order valence-electron chi connectivity index (χ0n) is 17.8. The van der Waals surface area contributed by atoms with E-state index in [1.807, 2.05) is 12.1 Å². The number of ether oxygens (including phenoxy) is 2. The molecule has 4 rings (SSSR count). The second kappa shape index (κ2) is 8.34. The van der Waals surface area contributed by atoms with E-state index in [1.165, 1.54) is 22.4 Å². The van der Waals surface area contributed by atoms with Crippen molar-refractivity contribution in [2.24, 2.45) is 0 Å². The Morgan fingerprint density at radius 2 is 1.79 bits per heavy atom. The highest BCUT2D eigenvalue weighted by molar-refractivity contribution is 5.41. The maximum Gasteiger partial charge on any atom is 0.123 e. The summed E-state index contributed by atoms with van der Waals surface area (Å²) >= 11 is 0. The number of methoxy groups -OCH3 is 2. The number of fused-ring (bicyclic) bond motifs is 1. The molecule has 1 aliphatic rings. The standard InChI is InChI=1S/C25H30N2O2/c1-18-8-9-20(15-19(18)2)25-23-7-5-12-26(23)13-6-14-27(25)17-21-16-22(28-3)10-11-24(21)29-4/h5,7-12,15-16,25H,6,13-14,17H2,1-4H3. The Bertz CT molecular complexity index is 992. The molecule has 2 heterocycles. The average molecular weight is 391 g/mol. The minimum Gasteiger partial charge on any atom is -0.497 e. The normalized spacial score (nSPS) is 16.9. The summed E-state index contributed by atoms with van der Waals surface area (Å²) in [5.41, 5.74) is 6.52. The van der Waals surface area contributed by atoms with Crippen molar-refractivity contribution in [1.82, 2.24) is 9.47 Å². The molecule has 4 heteroatoms. The SMILES string of the molecule is COc1ccc(OC)c(CN2CCCn3cccc3C2c2ccc(C)c(C)c2)c1. The van der Waals surface area contributed by atoms with Gasteiger partial charge in [0.05, 0.1) is 20.3 Å². The Kier molecular flexibility index (Phi) is 5.63. The number of aromatic nitrogens is 1. The average Bonchev–Trinajstić information content (AvgIpc) is 3.11. The summed E-state index contributed by atoms with van der Waals surface area (Å²) in [5.74, 6) is 1.77. The first-order valence-corrected chi connectivity index (χ1v) is 10.3. The van der Waals surface area contributed by atoms with Gasteiger partial charge >= 0.3 is 0 Å². The molecule has 152 valence electrons. The van der Waals surface area contributed by atoms with Crippen LogP contribution in [0.15, 0.2) is 54.7 Å². The highest BCUT2D eigenvalue weighted by Crippen LogP contribution is 2.35.